The predicted molar refractivity (Wildman–Crippen MR) is 145 cm³/mol. The van der Waals surface area contributed by atoms with Gasteiger partial charge >= 0.3 is 0 Å². The zero-order valence-electron chi connectivity index (χ0n) is 19.4. The lowest BCUT2D eigenvalue weighted by atomic mass is 9.76. The molecule has 0 N–H and O–H groups in total. The van der Waals surface area contributed by atoms with E-state index in [-0.39, 0.29) is 23.3 Å². The minimum absolute atomic E-state index is 0.0967. The summed E-state index contributed by atoms with van der Waals surface area (Å²) in [7, 11) is -2.94. The molecule has 1 aliphatic carbocycles. The lowest BCUT2D eigenvalue weighted by molar-refractivity contribution is -0.133. The second-order valence-corrected chi connectivity index (χ2v) is 14.3. The van der Waals surface area contributed by atoms with Crippen LogP contribution in [0.4, 0.5) is 0 Å². The molecule has 3 aliphatic rings. The number of aryl methyl sites for hydroxylation is 2. The van der Waals surface area contributed by atoms with Crippen molar-refractivity contribution in [2.75, 3.05) is 44.2 Å². The highest BCUT2D eigenvalue weighted by molar-refractivity contribution is 9.10. The number of piperidine rings is 1. The predicted octanol–water partition coefficient (Wildman–Crippen LogP) is 4.46. The third-order valence-electron chi connectivity index (χ3n) is 7.58. The number of carbonyl (C=O) groups excluding carboxylic acids is 1. The van der Waals surface area contributed by atoms with E-state index in [1.165, 1.54) is 16.7 Å². The Balaban J connectivity index is 1.34. The van der Waals surface area contributed by atoms with Gasteiger partial charge in [-0.2, -0.15) is 0 Å². The molecule has 1 aromatic heterocycles. The Labute approximate surface area is 228 Å². The van der Waals surface area contributed by atoms with Crippen LogP contribution in [-0.2, 0) is 27.5 Å². The van der Waals surface area contributed by atoms with E-state index in [4.69, 9.17) is 16.6 Å². The Morgan fingerprint density at radius 1 is 1.03 bits per heavy atom. The Kier molecular flexibility index (Phi) is 7.62. The number of amides is 1. The molecule has 2 aliphatic heterocycles. The molecule has 188 valence electrons. The molecule has 1 amide bonds. The second-order valence-electron chi connectivity index (χ2n) is 9.78. The number of sulfone groups is 1. The summed E-state index contributed by atoms with van der Waals surface area (Å²) in [4.78, 5) is 21.8. The highest BCUT2D eigenvalue weighted by Crippen LogP contribution is 2.46. The van der Waals surface area contributed by atoms with Crippen molar-refractivity contribution < 1.29 is 13.2 Å². The summed E-state index contributed by atoms with van der Waals surface area (Å²) in [5, 5.41) is 0.736. The van der Waals surface area contributed by atoms with Gasteiger partial charge in [0.2, 0.25) is 5.91 Å². The zero-order chi connectivity index (χ0) is 24.7. The van der Waals surface area contributed by atoms with Crippen LogP contribution in [0.2, 0.25) is 5.02 Å². The van der Waals surface area contributed by atoms with E-state index in [0.717, 1.165) is 45.3 Å². The number of rotatable bonds is 3. The lowest BCUT2D eigenvalue weighted by Gasteiger charge is -2.38. The van der Waals surface area contributed by atoms with Gasteiger partial charge in [-0.3, -0.25) is 14.7 Å². The maximum atomic E-state index is 13.0. The van der Waals surface area contributed by atoms with Crippen LogP contribution < -0.4 is 0 Å². The van der Waals surface area contributed by atoms with E-state index >= 15 is 0 Å². The molecule has 5 rings (SSSR count). The van der Waals surface area contributed by atoms with Crippen molar-refractivity contribution in [1.82, 2.24) is 14.8 Å². The van der Waals surface area contributed by atoms with Gasteiger partial charge in [-0.15, -0.1) is 0 Å². The highest BCUT2D eigenvalue weighted by Gasteiger charge is 2.36. The number of aromatic nitrogens is 1. The molecule has 0 bridgehead atoms. The Morgan fingerprint density at radius 3 is 2.43 bits per heavy atom. The SMILES string of the molecule is O=C(CN1CCS(=O)(=O)CC1)N1CCC(C2c3ncc(Br)cc3CCc3cc(Cl)cc(Br)c32)CC1. The molecule has 0 radical (unpaired) electrons. The molecular formula is C25H28Br2ClN3O3S. The Bertz CT molecular complexity index is 1230. The topological polar surface area (TPSA) is 70.6 Å². The van der Waals surface area contributed by atoms with Crippen molar-refractivity contribution in [3.05, 3.63) is 60.7 Å². The summed E-state index contributed by atoms with van der Waals surface area (Å²) >= 11 is 13.8. The summed E-state index contributed by atoms with van der Waals surface area (Å²) in [5.74, 6) is 0.891. The number of benzene rings is 1. The van der Waals surface area contributed by atoms with Crippen LogP contribution in [0.25, 0.3) is 0 Å². The molecule has 1 unspecified atom stereocenters. The van der Waals surface area contributed by atoms with Crippen LogP contribution in [0, 0.1) is 5.92 Å². The smallest absolute Gasteiger partial charge is 0.236 e. The minimum Gasteiger partial charge on any atom is -0.342 e. The number of pyridine rings is 1. The van der Waals surface area contributed by atoms with E-state index < -0.39 is 9.84 Å². The zero-order valence-corrected chi connectivity index (χ0v) is 24.1. The molecule has 35 heavy (non-hydrogen) atoms. The van der Waals surface area contributed by atoms with Crippen molar-refractivity contribution in [3.63, 3.8) is 0 Å². The first-order valence-corrected chi connectivity index (χ1v) is 15.8. The molecule has 0 spiro atoms. The van der Waals surface area contributed by atoms with Crippen molar-refractivity contribution in [1.29, 1.82) is 0 Å². The van der Waals surface area contributed by atoms with Crippen LogP contribution in [0.3, 0.4) is 0 Å². The molecule has 0 saturated carbocycles. The van der Waals surface area contributed by atoms with E-state index in [0.29, 0.717) is 38.6 Å². The summed E-state index contributed by atoms with van der Waals surface area (Å²) in [5.41, 5.74) is 4.95. The van der Waals surface area contributed by atoms with Crippen LogP contribution in [0.1, 0.15) is 41.1 Å². The first kappa shape index (κ1) is 25.6. The second kappa shape index (κ2) is 10.4. The molecule has 2 saturated heterocycles. The fourth-order valence-electron chi connectivity index (χ4n) is 5.71. The maximum absolute atomic E-state index is 13.0. The van der Waals surface area contributed by atoms with Gasteiger partial charge in [0.15, 0.2) is 9.84 Å². The van der Waals surface area contributed by atoms with Crippen molar-refractivity contribution in [3.8, 4) is 0 Å². The van der Waals surface area contributed by atoms with Crippen LogP contribution in [0.5, 0.6) is 0 Å². The fourth-order valence-corrected chi connectivity index (χ4v) is 8.49. The van der Waals surface area contributed by atoms with Gasteiger partial charge < -0.3 is 4.90 Å². The monoisotopic (exact) mass is 643 g/mol. The van der Waals surface area contributed by atoms with Gasteiger partial charge in [-0.05, 0) is 82.4 Å². The molecule has 3 heterocycles. The molecule has 2 aromatic rings. The first-order chi connectivity index (χ1) is 16.7. The summed E-state index contributed by atoms with van der Waals surface area (Å²) in [6.07, 6.45) is 5.52. The molecule has 1 atom stereocenters. The molecule has 2 fully saturated rings. The van der Waals surface area contributed by atoms with Gasteiger partial charge in [0, 0.05) is 52.3 Å². The average Bonchev–Trinajstić information content (AvgIpc) is 2.97. The number of nitrogens with zero attached hydrogens (tertiary/aromatic N) is 3. The Hall–Kier alpha value is -1.000. The average molecular weight is 646 g/mol. The number of halogens is 3. The van der Waals surface area contributed by atoms with Crippen LogP contribution in [0.15, 0.2) is 33.3 Å². The van der Waals surface area contributed by atoms with Gasteiger partial charge in [0.05, 0.1) is 23.7 Å². The van der Waals surface area contributed by atoms with Gasteiger partial charge in [-0.1, -0.05) is 27.5 Å². The van der Waals surface area contributed by atoms with E-state index in [1.807, 2.05) is 22.1 Å². The van der Waals surface area contributed by atoms with E-state index in [2.05, 4.69) is 44.0 Å². The number of hydrogen-bond acceptors (Lipinski definition) is 5. The largest absolute Gasteiger partial charge is 0.342 e. The van der Waals surface area contributed by atoms with Crippen LogP contribution in [-0.4, -0.2) is 73.3 Å². The van der Waals surface area contributed by atoms with Gasteiger partial charge in [0.1, 0.15) is 0 Å². The Morgan fingerprint density at radius 2 is 1.71 bits per heavy atom. The standard InChI is InChI=1S/C25H28Br2ClN3O3S/c26-19-11-18-2-1-17-12-20(28)13-21(27)23(17)24(25(18)29-14-19)16-3-5-31(6-4-16)22(32)15-30-7-9-35(33,34)10-8-30/h11-14,16,24H,1-10,15H2. The van der Waals surface area contributed by atoms with E-state index in [1.54, 1.807) is 0 Å². The fraction of sp³-hybridized carbons (Fsp3) is 0.520. The normalized spacial score (nSPS) is 22.8. The number of fused-ring (bicyclic) bond motifs is 2. The molecular weight excluding hydrogens is 618 g/mol. The van der Waals surface area contributed by atoms with E-state index in [9.17, 15) is 13.2 Å². The molecule has 6 nitrogen and oxygen atoms in total. The van der Waals surface area contributed by atoms with Gasteiger partial charge in [-0.25, -0.2) is 8.42 Å². The third-order valence-corrected chi connectivity index (χ3v) is 10.5. The first-order valence-electron chi connectivity index (χ1n) is 12.0. The summed E-state index contributed by atoms with van der Waals surface area (Å²) in [6, 6.07) is 6.26. The highest BCUT2D eigenvalue weighted by atomic mass is 79.9. The van der Waals surface area contributed by atoms with Crippen molar-refractivity contribution in [2.24, 2.45) is 5.92 Å². The van der Waals surface area contributed by atoms with Crippen molar-refractivity contribution >= 4 is 59.2 Å². The summed E-state index contributed by atoms with van der Waals surface area (Å²) < 4.78 is 25.4. The maximum Gasteiger partial charge on any atom is 0.236 e. The van der Waals surface area contributed by atoms with Crippen LogP contribution >= 0.6 is 43.5 Å². The number of hydrogen-bond donors (Lipinski definition) is 0. The number of likely N-dealkylation sites (tertiary alicyclic amines) is 1. The summed E-state index contributed by atoms with van der Waals surface area (Å²) in [6.45, 7) is 2.60. The quantitative estimate of drug-likeness (QED) is 0.493. The molecule has 1 aromatic carbocycles. The molecule has 10 heteroatoms. The van der Waals surface area contributed by atoms with Crippen molar-refractivity contribution in [2.45, 2.75) is 31.6 Å². The number of carbonyl (C=O) groups is 1. The lowest BCUT2D eigenvalue weighted by Crippen LogP contribution is -2.48. The minimum atomic E-state index is -2.94. The van der Waals surface area contributed by atoms with Gasteiger partial charge in [0.25, 0.3) is 0 Å². The third kappa shape index (κ3) is 5.64.